The fraction of sp³-hybridized carbons (Fsp3) is 0.400. The summed E-state index contributed by atoms with van der Waals surface area (Å²) in [4.78, 5) is 18.7. The molecule has 0 fully saturated rings. The molecule has 1 aliphatic heterocycles. The summed E-state index contributed by atoms with van der Waals surface area (Å²) in [6.45, 7) is 3.54. The average molecular weight is 490 g/mol. The molecule has 1 aliphatic rings. The second kappa shape index (κ2) is 11.8. The van der Waals surface area contributed by atoms with E-state index in [1.807, 2.05) is 25.9 Å². The third-order valence-corrected chi connectivity index (χ3v) is 5.68. The van der Waals surface area contributed by atoms with Gasteiger partial charge in [-0.1, -0.05) is 18.2 Å². The highest BCUT2D eigenvalue weighted by molar-refractivity contribution is 6.15. The predicted octanol–water partition coefficient (Wildman–Crippen LogP) is 4.66. The monoisotopic (exact) mass is 489 g/mol. The third kappa shape index (κ3) is 6.60. The Morgan fingerprint density at radius 1 is 1.11 bits per heavy atom. The number of hydrogen-bond donors (Lipinski definition) is 0. The van der Waals surface area contributed by atoms with Crippen LogP contribution in [-0.2, 0) is 6.54 Å². The van der Waals surface area contributed by atoms with Gasteiger partial charge in [-0.2, -0.15) is 10.2 Å². The molecule has 188 valence electrons. The number of hydrogen-bond acceptors (Lipinski definition) is 5. The van der Waals surface area contributed by atoms with Crippen LogP contribution in [0.4, 0.5) is 23.7 Å². The van der Waals surface area contributed by atoms with E-state index in [1.54, 1.807) is 41.3 Å². The number of urea groups is 1. The molecule has 0 N–H and O–H groups in total. The van der Waals surface area contributed by atoms with Crippen molar-refractivity contribution in [3.8, 4) is 5.75 Å². The molecule has 0 saturated heterocycles. The molecule has 2 aromatic carbocycles. The Balaban J connectivity index is 1.88. The second-order valence-electron chi connectivity index (χ2n) is 8.37. The Bertz CT molecular complexity index is 1100. The van der Waals surface area contributed by atoms with Gasteiger partial charge in [-0.05, 0) is 39.2 Å². The molecule has 0 aromatic heterocycles. The van der Waals surface area contributed by atoms with E-state index in [-0.39, 0.29) is 36.0 Å². The summed E-state index contributed by atoms with van der Waals surface area (Å²) < 4.78 is 46.2. The van der Waals surface area contributed by atoms with Crippen molar-refractivity contribution < 1.29 is 22.7 Å². The molecule has 2 aromatic rings. The van der Waals surface area contributed by atoms with E-state index >= 15 is 4.39 Å². The van der Waals surface area contributed by atoms with Crippen LogP contribution >= 0.6 is 0 Å². The number of carbonyl (C=O) groups is 1. The molecule has 3 rings (SSSR count). The lowest BCUT2D eigenvalue weighted by Gasteiger charge is -2.31. The van der Waals surface area contributed by atoms with Crippen LogP contribution in [0.15, 0.2) is 52.7 Å². The van der Waals surface area contributed by atoms with Crippen molar-refractivity contribution in [2.24, 2.45) is 10.2 Å². The molecule has 10 heteroatoms. The van der Waals surface area contributed by atoms with Gasteiger partial charge in [0.15, 0.2) is 0 Å². The minimum Gasteiger partial charge on any atom is -0.497 e. The van der Waals surface area contributed by atoms with Gasteiger partial charge in [-0.25, -0.2) is 18.0 Å². The molecular formula is C25H30F3N5O2. The summed E-state index contributed by atoms with van der Waals surface area (Å²) in [7, 11) is 5.39. The normalized spacial score (nSPS) is 13.2. The van der Waals surface area contributed by atoms with Gasteiger partial charge in [0.2, 0.25) is 0 Å². The minimum absolute atomic E-state index is 0.0260. The first-order valence-corrected chi connectivity index (χ1v) is 11.3. The predicted molar refractivity (Wildman–Crippen MR) is 131 cm³/mol. The van der Waals surface area contributed by atoms with Crippen molar-refractivity contribution in [3.05, 3.63) is 59.4 Å². The molecule has 0 aliphatic carbocycles. The van der Waals surface area contributed by atoms with Gasteiger partial charge in [0, 0.05) is 48.9 Å². The second-order valence-corrected chi connectivity index (χ2v) is 8.37. The highest BCUT2D eigenvalue weighted by Gasteiger charge is 2.25. The SMILES string of the molecule is CCN(CCN(C)C)C(=O)N(Cc1ccc(C2=NN=C(C(F)F)C2)cc1F)c1cccc(OC)c1. The third-order valence-electron chi connectivity index (χ3n) is 5.68. The van der Waals surface area contributed by atoms with Crippen LogP contribution in [0.3, 0.4) is 0 Å². The van der Waals surface area contributed by atoms with E-state index in [2.05, 4.69) is 10.2 Å². The van der Waals surface area contributed by atoms with Gasteiger partial charge in [0.05, 0.1) is 19.4 Å². The van der Waals surface area contributed by atoms with E-state index in [1.165, 1.54) is 18.1 Å². The van der Waals surface area contributed by atoms with Gasteiger partial charge in [-0.15, -0.1) is 0 Å². The number of amides is 2. The quantitative estimate of drug-likeness (QED) is 0.488. The van der Waals surface area contributed by atoms with Crippen molar-refractivity contribution in [1.82, 2.24) is 9.80 Å². The first kappa shape index (κ1) is 26.2. The molecule has 7 nitrogen and oxygen atoms in total. The minimum atomic E-state index is -2.70. The Morgan fingerprint density at radius 2 is 1.89 bits per heavy atom. The smallest absolute Gasteiger partial charge is 0.324 e. The van der Waals surface area contributed by atoms with Crippen LogP contribution in [0.5, 0.6) is 5.75 Å². The molecule has 0 unspecified atom stereocenters. The number of carbonyl (C=O) groups excluding carboxylic acids is 1. The van der Waals surface area contributed by atoms with Crippen LogP contribution in [0, 0.1) is 5.82 Å². The number of ether oxygens (including phenoxy) is 1. The lowest BCUT2D eigenvalue weighted by Crippen LogP contribution is -2.45. The van der Waals surface area contributed by atoms with E-state index in [0.29, 0.717) is 36.6 Å². The maximum absolute atomic E-state index is 15.2. The molecule has 0 spiro atoms. The van der Waals surface area contributed by atoms with Gasteiger partial charge in [0.25, 0.3) is 6.43 Å². The maximum Gasteiger partial charge on any atom is 0.324 e. The average Bonchev–Trinajstić information content (AvgIpc) is 3.34. The number of benzene rings is 2. The van der Waals surface area contributed by atoms with Gasteiger partial charge in [0.1, 0.15) is 17.3 Å². The Morgan fingerprint density at radius 3 is 2.49 bits per heavy atom. The Hall–Kier alpha value is -3.40. The molecule has 0 bridgehead atoms. The summed E-state index contributed by atoms with van der Waals surface area (Å²) in [6, 6.07) is 11.2. The molecule has 2 amide bonds. The van der Waals surface area contributed by atoms with Crippen molar-refractivity contribution in [1.29, 1.82) is 0 Å². The molecule has 0 saturated carbocycles. The fourth-order valence-corrected chi connectivity index (χ4v) is 3.60. The van der Waals surface area contributed by atoms with Gasteiger partial charge >= 0.3 is 6.03 Å². The zero-order valence-electron chi connectivity index (χ0n) is 20.3. The number of alkyl halides is 2. The number of halogens is 3. The number of likely N-dealkylation sites (N-methyl/N-ethyl adjacent to an activating group) is 2. The summed E-state index contributed by atoms with van der Waals surface area (Å²) in [5.41, 5.74) is 1.17. The van der Waals surface area contributed by atoms with Crippen molar-refractivity contribution in [3.63, 3.8) is 0 Å². The number of methoxy groups -OCH3 is 1. The lowest BCUT2D eigenvalue weighted by atomic mass is 10.0. The van der Waals surface area contributed by atoms with E-state index in [0.717, 1.165) is 0 Å². The topological polar surface area (TPSA) is 60.7 Å². The summed E-state index contributed by atoms with van der Waals surface area (Å²) in [6.07, 6.45) is -2.82. The maximum atomic E-state index is 15.2. The molecular weight excluding hydrogens is 459 g/mol. The van der Waals surface area contributed by atoms with Gasteiger partial charge < -0.3 is 14.5 Å². The van der Waals surface area contributed by atoms with Crippen LogP contribution in [0.2, 0.25) is 0 Å². The zero-order chi connectivity index (χ0) is 25.5. The Labute approximate surface area is 203 Å². The van der Waals surface area contributed by atoms with Crippen molar-refractivity contribution in [2.75, 3.05) is 45.7 Å². The van der Waals surface area contributed by atoms with E-state index < -0.39 is 12.2 Å². The fourth-order valence-electron chi connectivity index (χ4n) is 3.60. The van der Waals surface area contributed by atoms with E-state index in [9.17, 15) is 13.6 Å². The summed E-state index contributed by atoms with van der Waals surface area (Å²) >= 11 is 0. The highest BCUT2D eigenvalue weighted by atomic mass is 19.3. The number of rotatable bonds is 10. The van der Waals surface area contributed by atoms with Crippen LogP contribution in [-0.4, -0.2) is 74.5 Å². The van der Waals surface area contributed by atoms with Crippen LogP contribution in [0.25, 0.3) is 0 Å². The number of nitrogens with zero attached hydrogens (tertiary/aromatic N) is 5. The van der Waals surface area contributed by atoms with Crippen LogP contribution < -0.4 is 9.64 Å². The Kier molecular flexibility index (Phi) is 8.86. The van der Waals surface area contributed by atoms with Gasteiger partial charge in [-0.3, -0.25) is 4.90 Å². The molecule has 0 atom stereocenters. The first-order valence-electron chi connectivity index (χ1n) is 11.3. The van der Waals surface area contributed by atoms with Crippen molar-refractivity contribution in [2.45, 2.75) is 26.3 Å². The summed E-state index contributed by atoms with van der Waals surface area (Å²) in [5.74, 6) is 0.00859. The number of anilines is 1. The summed E-state index contributed by atoms with van der Waals surface area (Å²) in [5, 5.41) is 7.26. The largest absolute Gasteiger partial charge is 0.497 e. The van der Waals surface area contributed by atoms with E-state index in [4.69, 9.17) is 4.74 Å². The molecule has 35 heavy (non-hydrogen) atoms. The highest BCUT2D eigenvalue weighted by Crippen LogP contribution is 2.26. The molecule has 0 radical (unpaired) electrons. The zero-order valence-corrected chi connectivity index (χ0v) is 20.3. The van der Waals surface area contributed by atoms with Crippen LogP contribution in [0.1, 0.15) is 24.5 Å². The van der Waals surface area contributed by atoms with Crippen molar-refractivity contribution >= 4 is 23.1 Å². The molecule has 1 heterocycles. The lowest BCUT2D eigenvalue weighted by molar-refractivity contribution is 0.201. The standard InChI is InChI=1S/C25H30F3N5O2/c1-5-32(12-11-31(2)3)25(34)33(19-7-6-8-20(14-19)35-4)16-18-10-9-17(13-21(18)26)22-15-23(24(27)28)30-29-22/h6-10,13-14,24H,5,11-12,15-16H2,1-4H3. The first-order chi connectivity index (χ1) is 16.7.